The second kappa shape index (κ2) is 6.89. The third-order valence-electron chi connectivity index (χ3n) is 3.00. The van der Waals surface area contributed by atoms with Crippen LogP contribution in [0, 0.1) is 5.92 Å². The van der Waals surface area contributed by atoms with Gasteiger partial charge in [0.05, 0.1) is 0 Å². The highest BCUT2D eigenvalue weighted by Gasteiger charge is 2.05. The Morgan fingerprint density at radius 3 is 2.60 bits per heavy atom. The van der Waals surface area contributed by atoms with E-state index in [4.69, 9.17) is 0 Å². The van der Waals surface area contributed by atoms with E-state index in [1.807, 2.05) is 19.2 Å². The molecule has 0 radical (unpaired) electrons. The Morgan fingerprint density at radius 2 is 1.90 bits per heavy atom. The second-order valence-corrected chi connectivity index (χ2v) is 5.38. The van der Waals surface area contributed by atoms with Crippen molar-refractivity contribution in [1.29, 1.82) is 0 Å². The summed E-state index contributed by atoms with van der Waals surface area (Å²) in [7, 11) is 2.04. The summed E-state index contributed by atoms with van der Waals surface area (Å²) in [5.74, 6) is 2.40. The second-order valence-electron chi connectivity index (χ2n) is 5.38. The zero-order valence-corrected chi connectivity index (χ0v) is 12.4. The summed E-state index contributed by atoms with van der Waals surface area (Å²) in [6.07, 6.45) is 1.61. The van der Waals surface area contributed by atoms with Crippen LogP contribution in [-0.4, -0.2) is 23.6 Å². The van der Waals surface area contributed by atoms with Crippen molar-refractivity contribution in [2.75, 3.05) is 23.8 Å². The van der Waals surface area contributed by atoms with Crippen LogP contribution in [0.2, 0.25) is 0 Å². The number of nitrogens with zero attached hydrogens (tertiary/aromatic N) is 3. The molecule has 0 unspecified atom stereocenters. The van der Waals surface area contributed by atoms with Crippen LogP contribution < -0.4 is 10.2 Å². The predicted octanol–water partition coefficient (Wildman–Crippen LogP) is 3.18. The number of hydrogen-bond acceptors (Lipinski definition) is 4. The van der Waals surface area contributed by atoms with Crippen molar-refractivity contribution in [2.24, 2.45) is 5.92 Å². The van der Waals surface area contributed by atoms with E-state index in [-0.39, 0.29) is 0 Å². The Labute approximate surface area is 120 Å². The number of aromatic nitrogens is 2. The average molecular weight is 270 g/mol. The first-order chi connectivity index (χ1) is 9.65. The van der Waals surface area contributed by atoms with Crippen LogP contribution in [0.15, 0.2) is 42.7 Å². The van der Waals surface area contributed by atoms with Gasteiger partial charge in [-0.3, -0.25) is 0 Å². The first-order valence-electron chi connectivity index (χ1n) is 6.96. The van der Waals surface area contributed by atoms with Gasteiger partial charge < -0.3 is 10.2 Å². The van der Waals surface area contributed by atoms with E-state index in [2.05, 4.69) is 58.3 Å². The molecule has 0 saturated heterocycles. The standard InChI is InChI=1S/C16H22N4/c1-13(2)10-17-15-9-16(19-12-18-15)20(3)11-14-7-5-4-6-8-14/h4-9,12-13H,10-11H2,1-3H3,(H,17,18,19). The molecule has 2 aromatic rings. The molecule has 106 valence electrons. The van der Waals surface area contributed by atoms with Gasteiger partial charge in [0, 0.05) is 26.2 Å². The highest BCUT2D eigenvalue weighted by Crippen LogP contribution is 2.15. The van der Waals surface area contributed by atoms with E-state index < -0.39 is 0 Å². The zero-order chi connectivity index (χ0) is 14.4. The number of hydrogen-bond donors (Lipinski definition) is 1. The maximum absolute atomic E-state index is 4.34. The van der Waals surface area contributed by atoms with Crippen molar-refractivity contribution in [1.82, 2.24) is 9.97 Å². The van der Waals surface area contributed by atoms with E-state index >= 15 is 0 Å². The number of benzene rings is 1. The van der Waals surface area contributed by atoms with Crippen molar-refractivity contribution in [2.45, 2.75) is 20.4 Å². The van der Waals surface area contributed by atoms with Crippen molar-refractivity contribution in [3.8, 4) is 0 Å². The van der Waals surface area contributed by atoms with Gasteiger partial charge in [0.1, 0.15) is 18.0 Å². The molecule has 4 nitrogen and oxygen atoms in total. The van der Waals surface area contributed by atoms with Crippen LogP contribution in [-0.2, 0) is 6.54 Å². The molecule has 0 amide bonds. The lowest BCUT2D eigenvalue weighted by molar-refractivity contribution is 0.686. The topological polar surface area (TPSA) is 41.0 Å². The van der Waals surface area contributed by atoms with Crippen LogP contribution in [0.1, 0.15) is 19.4 Å². The van der Waals surface area contributed by atoms with E-state index in [1.54, 1.807) is 6.33 Å². The quantitative estimate of drug-likeness (QED) is 0.875. The molecule has 1 heterocycles. The molecular weight excluding hydrogens is 248 g/mol. The molecular formula is C16H22N4. The highest BCUT2D eigenvalue weighted by atomic mass is 15.2. The molecule has 0 fully saturated rings. The van der Waals surface area contributed by atoms with Crippen LogP contribution in [0.4, 0.5) is 11.6 Å². The molecule has 1 aromatic carbocycles. The average Bonchev–Trinajstić information content (AvgIpc) is 2.46. The van der Waals surface area contributed by atoms with Crippen molar-refractivity contribution >= 4 is 11.6 Å². The summed E-state index contributed by atoms with van der Waals surface area (Å²) in [6, 6.07) is 12.4. The van der Waals surface area contributed by atoms with Crippen LogP contribution in [0.3, 0.4) is 0 Å². The van der Waals surface area contributed by atoms with Gasteiger partial charge in [-0.05, 0) is 11.5 Å². The summed E-state index contributed by atoms with van der Waals surface area (Å²) in [4.78, 5) is 10.7. The van der Waals surface area contributed by atoms with Gasteiger partial charge in [-0.1, -0.05) is 44.2 Å². The fourth-order valence-corrected chi connectivity index (χ4v) is 1.90. The fourth-order valence-electron chi connectivity index (χ4n) is 1.90. The summed E-state index contributed by atoms with van der Waals surface area (Å²) in [6.45, 7) is 6.10. The number of rotatable bonds is 6. The lowest BCUT2D eigenvalue weighted by Crippen LogP contribution is -2.18. The van der Waals surface area contributed by atoms with Crippen molar-refractivity contribution in [3.05, 3.63) is 48.3 Å². The Hall–Kier alpha value is -2.10. The van der Waals surface area contributed by atoms with Crippen molar-refractivity contribution in [3.63, 3.8) is 0 Å². The third-order valence-corrected chi connectivity index (χ3v) is 3.00. The predicted molar refractivity (Wildman–Crippen MR) is 83.9 cm³/mol. The Bertz CT molecular complexity index is 525. The molecule has 0 saturated carbocycles. The molecule has 1 aromatic heterocycles. The molecule has 20 heavy (non-hydrogen) atoms. The zero-order valence-electron chi connectivity index (χ0n) is 12.4. The van der Waals surface area contributed by atoms with Crippen molar-refractivity contribution < 1.29 is 0 Å². The molecule has 0 spiro atoms. The Balaban J connectivity index is 2.02. The fraction of sp³-hybridized carbons (Fsp3) is 0.375. The summed E-state index contributed by atoms with van der Waals surface area (Å²) in [5.41, 5.74) is 1.27. The lowest BCUT2D eigenvalue weighted by Gasteiger charge is -2.19. The number of anilines is 2. The van der Waals surface area contributed by atoms with E-state index in [9.17, 15) is 0 Å². The summed E-state index contributed by atoms with van der Waals surface area (Å²) in [5, 5.41) is 3.33. The normalized spacial score (nSPS) is 10.6. The van der Waals surface area contributed by atoms with Crippen LogP contribution >= 0.6 is 0 Å². The molecule has 0 aliphatic heterocycles. The van der Waals surface area contributed by atoms with Gasteiger partial charge in [-0.25, -0.2) is 9.97 Å². The largest absolute Gasteiger partial charge is 0.370 e. The van der Waals surface area contributed by atoms with Gasteiger partial charge >= 0.3 is 0 Å². The lowest BCUT2D eigenvalue weighted by atomic mass is 10.2. The van der Waals surface area contributed by atoms with Gasteiger partial charge in [0.2, 0.25) is 0 Å². The molecule has 4 heteroatoms. The smallest absolute Gasteiger partial charge is 0.134 e. The van der Waals surface area contributed by atoms with Gasteiger partial charge in [-0.15, -0.1) is 0 Å². The monoisotopic (exact) mass is 270 g/mol. The first kappa shape index (κ1) is 14.3. The maximum Gasteiger partial charge on any atom is 0.134 e. The molecule has 0 aliphatic rings. The third kappa shape index (κ3) is 4.23. The Morgan fingerprint density at radius 1 is 1.15 bits per heavy atom. The van der Waals surface area contributed by atoms with E-state index in [0.717, 1.165) is 24.7 Å². The Kier molecular flexibility index (Phi) is 4.93. The van der Waals surface area contributed by atoms with E-state index in [0.29, 0.717) is 5.92 Å². The minimum Gasteiger partial charge on any atom is -0.370 e. The highest BCUT2D eigenvalue weighted by molar-refractivity contribution is 5.48. The molecule has 2 rings (SSSR count). The van der Waals surface area contributed by atoms with E-state index in [1.165, 1.54) is 5.56 Å². The maximum atomic E-state index is 4.34. The van der Waals surface area contributed by atoms with Gasteiger partial charge in [0.25, 0.3) is 0 Å². The molecule has 0 bridgehead atoms. The number of nitrogens with one attached hydrogen (secondary N) is 1. The van der Waals surface area contributed by atoms with Crippen LogP contribution in [0.5, 0.6) is 0 Å². The minimum absolute atomic E-state index is 0.593. The van der Waals surface area contributed by atoms with Gasteiger partial charge in [-0.2, -0.15) is 0 Å². The van der Waals surface area contributed by atoms with Crippen LogP contribution in [0.25, 0.3) is 0 Å². The summed E-state index contributed by atoms with van der Waals surface area (Å²) < 4.78 is 0. The minimum atomic E-state index is 0.593. The molecule has 0 atom stereocenters. The van der Waals surface area contributed by atoms with Gasteiger partial charge in [0.15, 0.2) is 0 Å². The first-order valence-corrected chi connectivity index (χ1v) is 6.96. The molecule has 1 N–H and O–H groups in total. The SMILES string of the molecule is CC(C)CNc1cc(N(C)Cc2ccccc2)ncn1. The summed E-state index contributed by atoms with van der Waals surface area (Å²) >= 11 is 0. The molecule has 0 aliphatic carbocycles.